The minimum absolute atomic E-state index is 0.209. The molecule has 0 saturated carbocycles. The number of alkyl halides is 1. The van der Waals surface area contributed by atoms with E-state index >= 15 is 0 Å². The van der Waals surface area contributed by atoms with Crippen molar-refractivity contribution in [3.63, 3.8) is 0 Å². The SMILES string of the molecule is Cc1cc(C)c(C(=O)N2CCCC(CBr)C2)c(C)c1. The van der Waals surface area contributed by atoms with E-state index in [-0.39, 0.29) is 5.91 Å². The van der Waals surface area contributed by atoms with E-state index in [1.807, 2.05) is 18.7 Å². The summed E-state index contributed by atoms with van der Waals surface area (Å²) in [5.74, 6) is 0.810. The summed E-state index contributed by atoms with van der Waals surface area (Å²) in [4.78, 5) is 14.8. The number of hydrogen-bond acceptors (Lipinski definition) is 1. The molecule has 1 amide bonds. The molecule has 1 heterocycles. The van der Waals surface area contributed by atoms with E-state index in [9.17, 15) is 4.79 Å². The fourth-order valence-corrected chi connectivity index (χ4v) is 3.58. The lowest BCUT2D eigenvalue weighted by Crippen LogP contribution is -2.40. The fraction of sp³-hybridized carbons (Fsp3) is 0.562. The molecule has 19 heavy (non-hydrogen) atoms. The van der Waals surface area contributed by atoms with Crippen molar-refractivity contribution >= 4 is 21.8 Å². The van der Waals surface area contributed by atoms with Crippen LogP contribution in [0.25, 0.3) is 0 Å². The Labute approximate surface area is 124 Å². The van der Waals surface area contributed by atoms with E-state index in [4.69, 9.17) is 0 Å². The number of hydrogen-bond donors (Lipinski definition) is 0. The second-order valence-corrected chi connectivity index (χ2v) is 6.33. The van der Waals surface area contributed by atoms with Gasteiger partial charge in [-0.15, -0.1) is 0 Å². The number of benzene rings is 1. The van der Waals surface area contributed by atoms with Crippen LogP contribution in [0.3, 0.4) is 0 Å². The van der Waals surface area contributed by atoms with E-state index in [2.05, 4.69) is 35.0 Å². The number of carbonyl (C=O) groups is 1. The van der Waals surface area contributed by atoms with Crippen molar-refractivity contribution in [3.05, 3.63) is 34.4 Å². The number of carbonyl (C=O) groups excluding carboxylic acids is 1. The van der Waals surface area contributed by atoms with Gasteiger partial charge in [-0.25, -0.2) is 0 Å². The molecule has 3 heteroatoms. The molecule has 1 aromatic carbocycles. The number of nitrogens with zero attached hydrogens (tertiary/aromatic N) is 1. The lowest BCUT2D eigenvalue weighted by Gasteiger charge is -2.32. The number of piperidine rings is 1. The highest BCUT2D eigenvalue weighted by atomic mass is 79.9. The summed E-state index contributed by atoms with van der Waals surface area (Å²) >= 11 is 3.54. The molecular weight excluding hydrogens is 302 g/mol. The van der Waals surface area contributed by atoms with Gasteiger partial charge in [0.05, 0.1) is 0 Å². The van der Waals surface area contributed by atoms with Gasteiger partial charge in [0.2, 0.25) is 0 Å². The first-order chi connectivity index (χ1) is 9.02. The Morgan fingerprint density at radius 3 is 2.53 bits per heavy atom. The highest BCUT2D eigenvalue weighted by Gasteiger charge is 2.25. The minimum atomic E-state index is 0.209. The topological polar surface area (TPSA) is 20.3 Å². The highest BCUT2D eigenvalue weighted by molar-refractivity contribution is 9.09. The molecule has 1 unspecified atom stereocenters. The summed E-state index contributed by atoms with van der Waals surface area (Å²) in [5, 5.41) is 0.989. The molecule has 104 valence electrons. The summed E-state index contributed by atoms with van der Waals surface area (Å²) in [5.41, 5.74) is 4.33. The van der Waals surface area contributed by atoms with Crippen molar-refractivity contribution in [2.24, 2.45) is 5.92 Å². The Morgan fingerprint density at radius 2 is 1.95 bits per heavy atom. The summed E-state index contributed by atoms with van der Waals surface area (Å²) < 4.78 is 0. The Bertz CT molecular complexity index is 461. The number of likely N-dealkylation sites (tertiary alicyclic amines) is 1. The maximum absolute atomic E-state index is 12.7. The standard InChI is InChI=1S/C16H22BrNO/c1-11-7-12(2)15(13(3)8-11)16(19)18-6-4-5-14(9-17)10-18/h7-8,14H,4-6,9-10H2,1-3H3. The van der Waals surface area contributed by atoms with Gasteiger partial charge in [-0.05, 0) is 50.7 Å². The lowest BCUT2D eigenvalue weighted by atomic mass is 9.95. The van der Waals surface area contributed by atoms with Crippen molar-refractivity contribution in [2.75, 3.05) is 18.4 Å². The van der Waals surface area contributed by atoms with Gasteiger partial charge < -0.3 is 4.90 Å². The molecule has 1 aliphatic heterocycles. The van der Waals surface area contributed by atoms with Crippen LogP contribution in [0.1, 0.15) is 39.9 Å². The summed E-state index contributed by atoms with van der Waals surface area (Å²) in [6.45, 7) is 7.94. The van der Waals surface area contributed by atoms with Crippen LogP contribution < -0.4 is 0 Å². The Hall–Kier alpha value is -0.830. The first-order valence-electron chi connectivity index (χ1n) is 6.96. The van der Waals surface area contributed by atoms with Crippen molar-refractivity contribution in [1.29, 1.82) is 0 Å². The van der Waals surface area contributed by atoms with E-state index < -0.39 is 0 Å². The van der Waals surface area contributed by atoms with Gasteiger partial charge in [0.15, 0.2) is 0 Å². The normalized spacial score (nSPS) is 19.6. The first kappa shape index (κ1) is 14.6. The van der Waals surface area contributed by atoms with Gasteiger partial charge in [-0.1, -0.05) is 33.6 Å². The van der Waals surface area contributed by atoms with Gasteiger partial charge in [0, 0.05) is 24.0 Å². The average molecular weight is 324 g/mol. The molecule has 1 aliphatic rings. The smallest absolute Gasteiger partial charge is 0.254 e. The molecule has 2 rings (SSSR count). The molecular formula is C16H22BrNO. The molecule has 0 spiro atoms. The van der Waals surface area contributed by atoms with E-state index in [0.29, 0.717) is 5.92 Å². The number of rotatable bonds is 2. The molecule has 0 aromatic heterocycles. The maximum Gasteiger partial charge on any atom is 0.254 e. The van der Waals surface area contributed by atoms with Crippen molar-refractivity contribution in [2.45, 2.75) is 33.6 Å². The van der Waals surface area contributed by atoms with Gasteiger partial charge in [-0.2, -0.15) is 0 Å². The van der Waals surface area contributed by atoms with Crippen LogP contribution in [0.15, 0.2) is 12.1 Å². The molecule has 0 N–H and O–H groups in total. The third-order valence-electron chi connectivity index (χ3n) is 3.92. The van der Waals surface area contributed by atoms with Crippen molar-refractivity contribution in [3.8, 4) is 0 Å². The molecule has 0 bridgehead atoms. The lowest BCUT2D eigenvalue weighted by molar-refractivity contribution is 0.0684. The molecule has 1 fully saturated rings. The monoisotopic (exact) mass is 323 g/mol. The predicted molar refractivity (Wildman–Crippen MR) is 83.1 cm³/mol. The van der Waals surface area contributed by atoms with Crippen LogP contribution >= 0.6 is 15.9 Å². The van der Waals surface area contributed by atoms with Crippen LogP contribution in [0.4, 0.5) is 0 Å². The van der Waals surface area contributed by atoms with Crippen LogP contribution in [-0.2, 0) is 0 Å². The number of amides is 1. The zero-order chi connectivity index (χ0) is 14.0. The van der Waals surface area contributed by atoms with Gasteiger partial charge in [0.25, 0.3) is 5.91 Å². The second-order valence-electron chi connectivity index (χ2n) is 5.69. The van der Waals surface area contributed by atoms with Gasteiger partial charge in [0.1, 0.15) is 0 Å². The second kappa shape index (κ2) is 6.08. The first-order valence-corrected chi connectivity index (χ1v) is 8.08. The zero-order valence-electron chi connectivity index (χ0n) is 12.0. The molecule has 1 aromatic rings. The third-order valence-corrected chi connectivity index (χ3v) is 4.83. The van der Waals surface area contributed by atoms with Gasteiger partial charge >= 0.3 is 0 Å². The Kier molecular flexibility index (Phi) is 4.67. The largest absolute Gasteiger partial charge is 0.338 e. The van der Waals surface area contributed by atoms with E-state index in [1.54, 1.807) is 0 Å². The highest BCUT2D eigenvalue weighted by Crippen LogP contribution is 2.23. The molecule has 1 saturated heterocycles. The van der Waals surface area contributed by atoms with Crippen LogP contribution in [0.2, 0.25) is 0 Å². The maximum atomic E-state index is 12.7. The summed E-state index contributed by atoms with van der Waals surface area (Å²) in [6, 6.07) is 4.21. The van der Waals surface area contributed by atoms with Gasteiger partial charge in [-0.3, -0.25) is 4.79 Å². The van der Waals surface area contributed by atoms with Crippen molar-refractivity contribution in [1.82, 2.24) is 4.90 Å². The quantitative estimate of drug-likeness (QED) is 0.757. The van der Waals surface area contributed by atoms with E-state index in [0.717, 1.165) is 41.5 Å². The summed E-state index contributed by atoms with van der Waals surface area (Å²) in [6.07, 6.45) is 2.34. The molecule has 1 atom stereocenters. The van der Waals surface area contributed by atoms with Crippen LogP contribution in [0, 0.1) is 26.7 Å². The third kappa shape index (κ3) is 3.19. The Balaban J connectivity index is 2.24. The molecule has 0 aliphatic carbocycles. The van der Waals surface area contributed by atoms with Crippen LogP contribution in [0.5, 0.6) is 0 Å². The zero-order valence-corrected chi connectivity index (χ0v) is 13.6. The molecule has 2 nitrogen and oxygen atoms in total. The average Bonchev–Trinajstić information content (AvgIpc) is 2.37. The summed E-state index contributed by atoms with van der Waals surface area (Å²) in [7, 11) is 0. The number of halogens is 1. The molecule has 0 radical (unpaired) electrons. The van der Waals surface area contributed by atoms with Crippen LogP contribution in [-0.4, -0.2) is 29.2 Å². The van der Waals surface area contributed by atoms with E-state index in [1.165, 1.54) is 12.0 Å². The fourth-order valence-electron chi connectivity index (χ4n) is 3.05. The van der Waals surface area contributed by atoms with Crippen molar-refractivity contribution < 1.29 is 4.79 Å². The Morgan fingerprint density at radius 1 is 1.32 bits per heavy atom. The number of aryl methyl sites for hydroxylation is 3. The predicted octanol–water partition coefficient (Wildman–Crippen LogP) is 3.86. The minimum Gasteiger partial charge on any atom is -0.338 e.